The summed E-state index contributed by atoms with van der Waals surface area (Å²) in [4.78, 5) is 21.8. The molecule has 0 aromatic heterocycles. The van der Waals surface area contributed by atoms with Gasteiger partial charge in [0.25, 0.3) is 0 Å². The Kier molecular flexibility index (Phi) is 8.43. The predicted molar refractivity (Wildman–Crippen MR) is 46.9 cm³/mol. The van der Waals surface area contributed by atoms with Crippen molar-refractivity contribution in [2.24, 2.45) is 0 Å². The van der Waals surface area contributed by atoms with Crippen molar-refractivity contribution in [1.29, 1.82) is 0 Å². The molecule has 1 N–H and O–H groups in total. The summed E-state index contributed by atoms with van der Waals surface area (Å²) >= 11 is 0. The normalized spacial score (nSPS) is 10.2. The topological polar surface area (TPSA) is 72.8 Å². The first-order valence-corrected chi connectivity index (χ1v) is 3.78. The molecular weight excluding hydrogens is 247 g/mol. The Morgan fingerprint density at radius 1 is 1.40 bits per heavy atom. The number of carbonyl (C=O) groups is 2. The van der Waals surface area contributed by atoms with Gasteiger partial charge >= 0.3 is 11.9 Å². The van der Waals surface area contributed by atoms with Gasteiger partial charge in [-0.2, -0.15) is 0 Å². The van der Waals surface area contributed by atoms with Gasteiger partial charge in [0.1, 0.15) is 6.11 Å². The zero-order chi connectivity index (χ0) is 11.1. The maximum Gasteiger partial charge on any atom is 0.373 e. The number of hydrogen-bond donors (Lipinski definition) is 1. The number of aliphatic hydroxyl groups excluding tert-OH is 1. The molecule has 0 aromatic rings. The fourth-order valence-corrected chi connectivity index (χ4v) is 0.579. The van der Waals surface area contributed by atoms with Crippen molar-refractivity contribution in [3.63, 3.8) is 0 Å². The summed E-state index contributed by atoms with van der Waals surface area (Å²) in [6.45, 7) is 2.87. The molecule has 1 radical (unpaired) electrons. The number of ether oxygens (including phenoxy) is 2. The van der Waals surface area contributed by atoms with Crippen molar-refractivity contribution in [1.82, 2.24) is 0 Å². The quantitative estimate of drug-likeness (QED) is 0.345. The first-order valence-electron chi connectivity index (χ1n) is 3.78. The molecule has 0 bridgehead atoms. The molecule has 0 fully saturated rings. The van der Waals surface area contributed by atoms with E-state index in [9.17, 15) is 9.59 Å². The van der Waals surface area contributed by atoms with E-state index < -0.39 is 17.7 Å². The summed E-state index contributed by atoms with van der Waals surface area (Å²) in [6, 6.07) is 0. The van der Waals surface area contributed by atoms with E-state index >= 15 is 0 Å². The van der Waals surface area contributed by atoms with Crippen molar-refractivity contribution in [2.75, 3.05) is 6.61 Å². The molecule has 5 nitrogen and oxygen atoms in total. The number of aliphatic hydroxyl groups is 1. The Labute approximate surface area is 97.6 Å². The molecule has 0 unspecified atom stereocenters. The van der Waals surface area contributed by atoms with Crippen LogP contribution < -0.4 is 0 Å². The molecule has 0 rings (SSSR count). The fourth-order valence-electron chi connectivity index (χ4n) is 0.579. The summed E-state index contributed by atoms with van der Waals surface area (Å²) < 4.78 is 8.56. The van der Waals surface area contributed by atoms with Gasteiger partial charge in [-0.1, -0.05) is 6.42 Å². The molecule has 0 aromatic carbocycles. The summed E-state index contributed by atoms with van der Waals surface area (Å²) in [5.41, 5.74) is -0.290. The van der Waals surface area contributed by atoms with Crippen LogP contribution in [0.15, 0.2) is 11.3 Å². The summed E-state index contributed by atoms with van der Waals surface area (Å²) in [6.07, 6.45) is 6.32. The molecule has 0 saturated carbocycles. The van der Waals surface area contributed by atoms with E-state index in [1.165, 1.54) is 6.92 Å². The molecular formula is C9H10CoO5. The fraction of sp³-hybridized carbons (Fsp3) is 0.333. The van der Waals surface area contributed by atoms with Crippen LogP contribution in [0.4, 0.5) is 0 Å². The minimum Gasteiger partial charge on any atom is -0.501 e. The number of terminal acetylenes is 1. The average molecular weight is 257 g/mol. The molecule has 0 spiro atoms. The minimum atomic E-state index is -0.987. The van der Waals surface area contributed by atoms with Gasteiger partial charge in [-0.3, -0.25) is 0 Å². The Balaban J connectivity index is 0. The summed E-state index contributed by atoms with van der Waals surface area (Å²) in [7, 11) is 0. The summed E-state index contributed by atoms with van der Waals surface area (Å²) in [5, 5.41) is 9.15. The zero-order valence-corrected chi connectivity index (χ0v) is 9.24. The van der Waals surface area contributed by atoms with Crippen molar-refractivity contribution >= 4 is 11.9 Å². The van der Waals surface area contributed by atoms with E-state index in [2.05, 4.69) is 15.9 Å². The second kappa shape index (κ2) is 7.91. The molecule has 85 valence electrons. The molecule has 0 aliphatic heterocycles. The smallest absolute Gasteiger partial charge is 0.373 e. The van der Waals surface area contributed by atoms with E-state index in [1.807, 2.05) is 0 Å². The van der Waals surface area contributed by atoms with Gasteiger partial charge in [-0.05, 0) is 13.8 Å². The van der Waals surface area contributed by atoms with Crippen molar-refractivity contribution in [3.05, 3.63) is 11.3 Å². The largest absolute Gasteiger partial charge is 0.501 e. The van der Waals surface area contributed by atoms with Crippen LogP contribution in [-0.2, 0) is 35.8 Å². The monoisotopic (exact) mass is 257 g/mol. The molecule has 15 heavy (non-hydrogen) atoms. The molecule has 0 amide bonds. The molecule has 0 aliphatic rings. The van der Waals surface area contributed by atoms with Crippen LogP contribution in [-0.4, -0.2) is 23.7 Å². The number of carbonyl (C=O) groups excluding carboxylic acids is 2. The molecule has 0 aliphatic carbocycles. The zero-order valence-electron chi connectivity index (χ0n) is 8.20. The number of esters is 2. The van der Waals surface area contributed by atoms with Crippen molar-refractivity contribution in [2.45, 2.75) is 13.8 Å². The van der Waals surface area contributed by atoms with Gasteiger partial charge in [0.2, 0.25) is 5.76 Å². The van der Waals surface area contributed by atoms with Crippen LogP contribution in [0.25, 0.3) is 0 Å². The average Bonchev–Trinajstić information content (AvgIpc) is 2.16. The van der Waals surface area contributed by atoms with E-state index in [-0.39, 0.29) is 29.0 Å². The molecule has 6 heteroatoms. The van der Waals surface area contributed by atoms with Crippen LogP contribution in [0.1, 0.15) is 13.8 Å². The van der Waals surface area contributed by atoms with Gasteiger partial charge in [0, 0.05) is 16.8 Å². The Morgan fingerprint density at radius 2 is 1.93 bits per heavy atom. The van der Waals surface area contributed by atoms with E-state index in [0.29, 0.717) is 0 Å². The molecule has 0 atom stereocenters. The van der Waals surface area contributed by atoms with E-state index in [0.717, 1.165) is 0 Å². The van der Waals surface area contributed by atoms with Gasteiger partial charge in [-0.15, -0.1) is 0 Å². The van der Waals surface area contributed by atoms with Crippen LogP contribution >= 0.6 is 0 Å². The number of rotatable bonds is 3. The third kappa shape index (κ3) is 5.10. The van der Waals surface area contributed by atoms with Gasteiger partial charge in [0.15, 0.2) is 0 Å². The summed E-state index contributed by atoms with van der Waals surface area (Å²) in [5.74, 6) is -2.75. The minimum absolute atomic E-state index is 0. The predicted octanol–water partition coefficient (Wildman–Crippen LogP) is 0.513. The Morgan fingerprint density at radius 3 is 2.33 bits per heavy atom. The molecule has 0 saturated heterocycles. The Bertz CT molecular complexity index is 313. The first kappa shape index (κ1) is 16.0. The molecule has 0 heterocycles. The van der Waals surface area contributed by atoms with Crippen molar-refractivity contribution < 1.29 is 40.9 Å². The maximum atomic E-state index is 10.9. The van der Waals surface area contributed by atoms with E-state index in [4.69, 9.17) is 5.11 Å². The third-order valence-electron chi connectivity index (χ3n) is 1.28. The van der Waals surface area contributed by atoms with E-state index in [1.54, 1.807) is 13.0 Å². The third-order valence-corrected chi connectivity index (χ3v) is 1.28. The van der Waals surface area contributed by atoms with Crippen LogP contribution in [0.5, 0.6) is 0 Å². The second-order valence-electron chi connectivity index (χ2n) is 2.20. The SMILES string of the molecule is C#COC(=O)/C(C)=C(\O)C(=O)OCC.[Co]. The van der Waals surface area contributed by atoms with Gasteiger partial charge in [-0.25, -0.2) is 9.59 Å². The van der Waals surface area contributed by atoms with Gasteiger partial charge < -0.3 is 14.6 Å². The van der Waals surface area contributed by atoms with Crippen LogP contribution in [0.3, 0.4) is 0 Å². The first-order chi connectivity index (χ1) is 6.54. The van der Waals surface area contributed by atoms with Gasteiger partial charge in [0.05, 0.1) is 12.2 Å². The second-order valence-corrected chi connectivity index (χ2v) is 2.20. The Hall–Kier alpha value is -1.45. The van der Waals surface area contributed by atoms with Crippen LogP contribution in [0, 0.1) is 12.5 Å². The van der Waals surface area contributed by atoms with Crippen LogP contribution in [0.2, 0.25) is 0 Å². The van der Waals surface area contributed by atoms with Crippen molar-refractivity contribution in [3.8, 4) is 12.5 Å². The number of hydrogen-bond acceptors (Lipinski definition) is 5. The maximum absolute atomic E-state index is 10.9. The standard InChI is InChI=1S/C9H10O5.Co/c1-4-13-8(11)6(3)7(10)9(12)14-5-2;/h1,10H,5H2,2-3H3;/b7-6-;.